The third-order valence-corrected chi connectivity index (χ3v) is 5.07. The molecule has 1 amide bonds. The summed E-state index contributed by atoms with van der Waals surface area (Å²) >= 11 is 5.60. The molecule has 0 saturated carbocycles. The van der Waals surface area contributed by atoms with Gasteiger partial charge in [0.1, 0.15) is 18.5 Å². The standard InChI is InChI=1S/C21H22ClF4N3O3/c1-11(2)19-27-12(3)6-17(28-19)32-10-14-9-29(4-5-31-14)20(30)15-7-13(21(24,25)26)8-16(22)18(15)23/h6-8,11,14H,4-5,9-10H2,1-3H3. The summed E-state index contributed by atoms with van der Waals surface area (Å²) in [4.78, 5) is 22.7. The van der Waals surface area contributed by atoms with Crippen LogP contribution in [-0.2, 0) is 10.9 Å². The lowest BCUT2D eigenvalue weighted by molar-refractivity contribution is -0.137. The molecule has 0 radical (unpaired) electrons. The van der Waals surface area contributed by atoms with E-state index in [0.717, 1.165) is 5.69 Å². The van der Waals surface area contributed by atoms with E-state index in [1.54, 1.807) is 6.07 Å². The molecule has 11 heteroatoms. The number of alkyl halides is 3. The second-order valence-corrected chi connectivity index (χ2v) is 8.14. The van der Waals surface area contributed by atoms with Crippen molar-refractivity contribution < 1.29 is 31.8 Å². The van der Waals surface area contributed by atoms with Crippen LogP contribution in [0.1, 0.15) is 47.2 Å². The normalized spacial score (nSPS) is 17.0. The van der Waals surface area contributed by atoms with Crippen molar-refractivity contribution in [2.75, 3.05) is 26.3 Å². The fraction of sp³-hybridized carbons (Fsp3) is 0.476. The molecular formula is C21H22ClF4N3O3. The smallest absolute Gasteiger partial charge is 0.416 e. The summed E-state index contributed by atoms with van der Waals surface area (Å²) < 4.78 is 64.8. The van der Waals surface area contributed by atoms with Crippen LogP contribution < -0.4 is 4.74 Å². The van der Waals surface area contributed by atoms with Crippen molar-refractivity contribution >= 4 is 17.5 Å². The lowest BCUT2D eigenvalue weighted by atomic mass is 10.1. The summed E-state index contributed by atoms with van der Waals surface area (Å²) in [6.45, 7) is 5.97. The van der Waals surface area contributed by atoms with Crippen LogP contribution in [0.5, 0.6) is 5.88 Å². The zero-order chi connectivity index (χ0) is 23.6. The fourth-order valence-corrected chi connectivity index (χ4v) is 3.37. The SMILES string of the molecule is Cc1cc(OCC2CN(C(=O)c3cc(C(F)(F)F)cc(Cl)c3F)CCO2)nc(C(C)C)n1. The van der Waals surface area contributed by atoms with Gasteiger partial charge in [-0.05, 0) is 19.1 Å². The number of carbonyl (C=O) groups is 1. The predicted molar refractivity (Wildman–Crippen MR) is 108 cm³/mol. The molecule has 1 atom stereocenters. The van der Waals surface area contributed by atoms with E-state index in [1.165, 1.54) is 4.90 Å². The Hall–Kier alpha value is -2.46. The molecule has 1 aromatic carbocycles. The second-order valence-electron chi connectivity index (χ2n) is 7.73. The highest BCUT2D eigenvalue weighted by molar-refractivity contribution is 6.31. The molecule has 1 aliphatic rings. The van der Waals surface area contributed by atoms with Crippen molar-refractivity contribution in [3.8, 4) is 5.88 Å². The van der Waals surface area contributed by atoms with Crippen molar-refractivity contribution in [3.63, 3.8) is 0 Å². The molecule has 1 aromatic heterocycles. The number of hydrogen-bond donors (Lipinski definition) is 0. The number of benzene rings is 1. The van der Waals surface area contributed by atoms with Gasteiger partial charge in [-0.15, -0.1) is 0 Å². The molecule has 1 fully saturated rings. The number of amides is 1. The Kier molecular flexibility index (Phi) is 7.24. The fourth-order valence-electron chi connectivity index (χ4n) is 3.16. The molecule has 32 heavy (non-hydrogen) atoms. The van der Waals surface area contributed by atoms with E-state index in [2.05, 4.69) is 9.97 Å². The molecular weight excluding hydrogens is 454 g/mol. The molecule has 174 valence electrons. The first-order chi connectivity index (χ1) is 15.0. The molecule has 0 spiro atoms. The van der Waals surface area contributed by atoms with Crippen LogP contribution in [0.25, 0.3) is 0 Å². The third-order valence-electron chi connectivity index (χ3n) is 4.79. The maximum Gasteiger partial charge on any atom is 0.416 e. The zero-order valence-electron chi connectivity index (χ0n) is 17.7. The Morgan fingerprint density at radius 1 is 1.31 bits per heavy atom. The molecule has 0 N–H and O–H groups in total. The number of carbonyl (C=O) groups excluding carboxylic acids is 1. The van der Waals surface area contributed by atoms with Gasteiger partial charge in [0.05, 0.1) is 29.3 Å². The number of aromatic nitrogens is 2. The number of rotatable bonds is 5. The van der Waals surface area contributed by atoms with Crippen LogP contribution in [-0.4, -0.2) is 53.2 Å². The molecule has 0 bridgehead atoms. The Morgan fingerprint density at radius 3 is 2.69 bits per heavy atom. The minimum Gasteiger partial charge on any atom is -0.475 e. The average Bonchev–Trinajstić information content (AvgIpc) is 2.72. The molecule has 6 nitrogen and oxygen atoms in total. The summed E-state index contributed by atoms with van der Waals surface area (Å²) in [6, 6.07) is 2.60. The van der Waals surface area contributed by atoms with Gasteiger partial charge in [0.15, 0.2) is 5.82 Å². The Bertz CT molecular complexity index is 1000. The molecule has 1 saturated heterocycles. The van der Waals surface area contributed by atoms with E-state index in [0.29, 0.717) is 23.8 Å². The summed E-state index contributed by atoms with van der Waals surface area (Å²) in [5.41, 5.74) is -1.20. The van der Waals surface area contributed by atoms with E-state index < -0.39 is 40.2 Å². The van der Waals surface area contributed by atoms with E-state index in [9.17, 15) is 22.4 Å². The number of hydrogen-bond acceptors (Lipinski definition) is 5. The maximum atomic E-state index is 14.4. The van der Waals surface area contributed by atoms with Gasteiger partial charge >= 0.3 is 6.18 Å². The minimum atomic E-state index is -4.77. The largest absolute Gasteiger partial charge is 0.475 e. The van der Waals surface area contributed by atoms with Crippen LogP contribution >= 0.6 is 11.6 Å². The summed E-state index contributed by atoms with van der Waals surface area (Å²) in [5.74, 6) is -1.02. The first kappa shape index (κ1) is 24.2. The van der Waals surface area contributed by atoms with Gasteiger partial charge in [-0.2, -0.15) is 18.2 Å². The predicted octanol–water partition coefficient (Wildman–Crippen LogP) is 4.64. The van der Waals surface area contributed by atoms with E-state index in [-0.39, 0.29) is 32.2 Å². The number of nitrogens with zero attached hydrogens (tertiary/aromatic N) is 3. The lowest BCUT2D eigenvalue weighted by Crippen LogP contribution is -2.48. The highest BCUT2D eigenvalue weighted by atomic mass is 35.5. The number of aryl methyl sites for hydroxylation is 1. The highest BCUT2D eigenvalue weighted by Gasteiger charge is 2.35. The number of ether oxygens (including phenoxy) is 2. The first-order valence-electron chi connectivity index (χ1n) is 9.91. The average molecular weight is 476 g/mol. The maximum absolute atomic E-state index is 14.4. The monoisotopic (exact) mass is 475 g/mol. The quantitative estimate of drug-likeness (QED) is 0.589. The Balaban J connectivity index is 1.71. The van der Waals surface area contributed by atoms with E-state index in [4.69, 9.17) is 21.1 Å². The van der Waals surface area contributed by atoms with Crippen molar-refractivity contribution in [1.82, 2.24) is 14.9 Å². The lowest BCUT2D eigenvalue weighted by Gasteiger charge is -2.33. The molecule has 1 aliphatic heterocycles. The minimum absolute atomic E-state index is 0.00718. The van der Waals surface area contributed by atoms with Crippen molar-refractivity contribution in [2.45, 2.75) is 39.0 Å². The van der Waals surface area contributed by atoms with E-state index >= 15 is 0 Å². The van der Waals surface area contributed by atoms with Gasteiger partial charge in [-0.1, -0.05) is 25.4 Å². The second kappa shape index (κ2) is 9.58. The number of halogens is 5. The molecule has 2 heterocycles. The van der Waals surface area contributed by atoms with Gasteiger partial charge in [0.2, 0.25) is 5.88 Å². The Labute approximate surface area is 187 Å². The molecule has 1 unspecified atom stereocenters. The molecule has 2 aromatic rings. The van der Waals surface area contributed by atoms with Crippen molar-refractivity contribution in [1.29, 1.82) is 0 Å². The number of morpholine rings is 1. The third kappa shape index (κ3) is 5.66. The van der Waals surface area contributed by atoms with Crippen LogP contribution in [0, 0.1) is 12.7 Å². The molecule has 0 aliphatic carbocycles. The van der Waals surface area contributed by atoms with Crippen molar-refractivity contribution in [3.05, 3.63) is 51.7 Å². The summed E-state index contributed by atoms with van der Waals surface area (Å²) in [6.07, 6.45) is -5.34. The van der Waals surface area contributed by atoms with Crippen molar-refractivity contribution in [2.24, 2.45) is 0 Å². The summed E-state index contributed by atoms with van der Waals surface area (Å²) in [7, 11) is 0. The summed E-state index contributed by atoms with van der Waals surface area (Å²) in [5, 5.41) is -0.767. The van der Waals surface area contributed by atoms with Crippen LogP contribution in [0.2, 0.25) is 5.02 Å². The van der Waals surface area contributed by atoms with Crippen LogP contribution in [0.4, 0.5) is 17.6 Å². The first-order valence-corrected chi connectivity index (χ1v) is 10.3. The topological polar surface area (TPSA) is 64.5 Å². The van der Waals surface area contributed by atoms with Gasteiger partial charge in [-0.3, -0.25) is 4.79 Å². The molecule has 3 rings (SSSR count). The van der Waals surface area contributed by atoms with Gasteiger partial charge < -0.3 is 14.4 Å². The van der Waals surface area contributed by atoms with E-state index in [1.807, 2.05) is 20.8 Å². The van der Waals surface area contributed by atoms with Gasteiger partial charge in [-0.25, -0.2) is 9.37 Å². The van der Waals surface area contributed by atoms with Crippen LogP contribution in [0.15, 0.2) is 18.2 Å². The zero-order valence-corrected chi connectivity index (χ0v) is 18.4. The van der Waals surface area contributed by atoms with Gasteiger partial charge in [0, 0.05) is 24.2 Å². The van der Waals surface area contributed by atoms with Gasteiger partial charge in [0.25, 0.3) is 5.91 Å². The van der Waals surface area contributed by atoms with Crippen LogP contribution in [0.3, 0.4) is 0 Å². The Morgan fingerprint density at radius 2 is 2.03 bits per heavy atom. The highest BCUT2D eigenvalue weighted by Crippen LogP contribution is 2.34.